The molecule has 0 aromatic heterocycles. The molecule has 0 saturated carbocycles. The monoisotopic (exact) mass is 305 g/mol. The number of anilines is 1. The number of hydrogen-bond acceptors (Lipinski definition) is 4. The van der Waals surface area contributed by atoms with Gasteiger partial charge in [-0.05, 0) is 18.1 Å². The Labute approximate surface area is 133 Å². The Kier molecular flexibility index (Phi) is 6.07. The molecule has 1 aromatic carbocycles. The summed E-state index contributed by atoms with van der Waals surface area (Å²) in [5.74, 6) is 1.50. The standard InChI is InChI=1S/C17H27N3O2/c1-14(2)12-18-17(21)13-19-7-9-20(10-8-19)15-5-4-6-16(11-15)22-3/h4-6,11,14H,7-10,12-13H2,1-3H3,(H,18,21). The van der Waals surface area contributed by atoms with E-state index in [1.54, 1.807) is 7.11 Å². The molecule has 1 heterocycles. The zero-order valence-corrected chi connectivity index (χ0v) is 13.8. The van der Waals surface area contributed by atoms with Crippen molar-refractivity contribution in [3.05, 3.63) is 24.3 Å². The summed E-state index contributed by atoms with van der Waals surface area (Å²) in [7, 11) is 1.69. The van der Waals surface area contributed by atoms with Crippen molar-refractivity contribution < 1.29 is 9.53 Å². The van der Waals surface area contributed by atoms with Crippen molar-refractivity contribution in [1.29, 1.82) is 0 Å². The normalized spacial score (nSPS) is 15.9. The van der Waals surface area contributed by atoms with Crippen molar-refractivity contribution in [2.24, 2.45) is 5.92 Å². The molecule has 1 fully saturated rings. The molecule has 5 nitrogen and oxygen atoms in total. The molecule has 0 spiro atoms. The van der Waals surface area contributed by atoms with Gasteiger partial charge in [-0.3, -0.25) is 9.69 Å². The van der Waals surface area contributed by atoms with Crippen LogP contribution in [0.15, 0.2) is 24.3 Å². The predicted octanol–water partition coefficient (Wildman–Crippen LogP) is 1.59. The van der Waals surface area contributed by atoms with Crippen LogP contribution in [0.2, 0.25) is 0 Å². The molecule has 1 N–H and O–H groups in total. The van der Waals surface area contributed by atoms with E-state index in [0.717, 1.165) is 38.5 Å². The molecule has 0 atom stereocenters. The summed E-state index contributed by atoms with van der Waals surface area (Å²) in [4.78, 5) is 16.4. The second-order valence-corrected chi connectivity index (χ2v) is 6.16. The first-order chi connectivity index (χ1) is 10.6. The number of methoxy groups -OCH3 is 1. The van der Waals surface area contributed by atoms with Gasteiger partial charge in [0.15, 0.2) is 0 Å². The number of nitrogens with one attached hydrogen (secondary N) is 1. The van der Waals surface area contributed by atoms with Gasteiger partial charge in [0.1, 0.15) is 5.75 Å². The number of nitrogens with zero attached hydrogens (tertiary/aromatic N) is 2. The summed E-state index contributed by atoms with van der Waals surface area (Å²) in [5.41, 5.74) is 1.18. The summed E-state index contributed by atoms with van der Waals surface area (Å²) in [5, 5.41) is 2.98. The van der Waals surface area contributed by atoms with E-state index in [4.69, 9.17) is 4.74 Å². The van der Waals surface area contributed by atoms with Crippen LogP contribution in [0.5, 0.6) is 5.75 Å². The van der Waals surface area contributed by atoms with E-state index in [0.29, 0.717) is 12.5 Å². The summed E-state index contributed by atoms with van der Waals surface area (Å²) in [6.45, 7) is 9.15. The van der Waals surface area contributed by atoms with Crippen LogP contribution in [0, 0.1) is 5.92 Å². The van der Waals surface area contributed by atoms with Crippen molar-refractivity contribution in [2.75, 3.05) is 51.3 Å². The highest BCUT2D eigenvalue weighted by Crippen LogP contribution is 2.21. The third-order valence-electron chi connectivity index (χ3n) is 3.87. The molecule has 22 heavy (non-hydrogen) atoms. The largest absolute Gasteiger partial charge is 0.497 e. The van der Waals surface area contributed by atoms with Gasteiger partial charge in [0.05, 0.1) is 13.7 Å². The summed E-state index contributed by atoms with van der Waals surface area (Å²) < 4.78 is 5.28. The fourth-order valence-electron chi connectivity index (χ4n) is 2.55. The van der Waals surface area contributed by atoms with Gasteiger partial charge in [-0.25, -0.2) is 0 Å². The Bertz CT molecular complexity index is 483. The second kappa shape index (κ2) is 8.03. The third-order valence-corrected chi connectivity index (χ3v) is 3.87. The molecule has 0 bridgehead atoms. The lowest BCUT2D eigenvalue weighted by Crippen LogP contribution is -2.49. The van der Waals surface area contributed by atoms with Crippen molar-refractivity contribution >= 4 is 11.6 Å². The Morgan fingerprint density at radius 3 is 2.64 bits per heavy atom. The summed E-state index contributed by atoms with van der Waals surface area (Å²) >= 11 is 0. The maximum Gasteiger partial charge on any atom is 0.234 e. The average molecular weight is 305 g/mol. The SMILES string of the molecule is COc1cccc(N2CCN(CC(=O)NCC(C)C)CC2)c1. The number of carbonyl (C=O) groups is 1. The maximum atomic E-state index is 11.9. The molecule has 0 radical (unpaired) electrons. The second-order valence-electron chi connectivity index (χ2n) is 6.16. The van der Waals surface area contributed by atoms with Crippen LogP contribution in [-0.2, 0) is 4.79 Å². The van der Waals surface area contributed by atoms with Crippen molar-refractivity contribution in [2.45, 2.75) is 13.8 Å². The molecule has 1 amide bonds. The topological polar surface area (TPSA) is 44.8 Å². The third kappa shape index (κ3) is 4.91. The van der Waals surface area contributed by atoms with Crippen LogP contribution >= 0.6 is 0 Å². The molecular weight excluding hydrogens is 278 g/mol. The fraction of sp³-hybridized carbons (Fsp3) is 0.588. The number of rotatable bonds is 6. The van der Waals surface area contributed by atoms with Gasteiger partial charge in [-0.15, -0.1) is 0 Å². The van der Waals surface area contributed by atoms with Crippen molar-refractivity contribution in [3.8, 4) is 5.75 Å². The maximum absolute atomic E-state index is 11.9. The summed E-state index contributed by atoms with van der Waals surface area (Å²) in [6.07, 6.45) is 0. The first kappa shape index (κ1) is 16.6. The van der Waals surface area contributed by atoms with Crippen LogP contribution in [0.4, 0.5) is 5.69 Å². The first-order valence-electron chi connectivity index (χ1n) is 7.96. The highest BCUT2D eigenvalue weighted by atomic mass is 16.5. The van der Waals surface area contributed by atoms with Crippen LogP contribution < -0.4 is 15.0 Å². The average Bonchev–Trinajstić information content (AvgIpc) is 2.54. The lowest BCUT2D eigenvalue weighted by molar-refractivity contribution is -0.122. The molecule has 0 aliphatic carbocycles. The molecule has 1 saturated heterocycles. The smallest absolute Gasteiger partial charge is 0.234 e. The van der Waals surface area contributed by atoms with E-state index >= 15 is 0 Å². The molecule has 1 aliphatic rings. The Morgan fingerprint density at radius 2 is 2.00 bits per heavy atom. The molecule has 1 aliphatic heterocycles. The number of piperazine rings is 1. The van der Waals surface area contributed by atoms with E-state index < -0.39 is 0 Å². The molecule has 0 unspecified atom stereocenters. The van der Waals surface area contributed by atoms with Gasteiger partial charge in [0.2, 0.25) is 5.91 Å². The van der Waals surface area contributed by atoms with Crippen molar-refractivity contribution in [1.82, 2.24) is 10.2 Å². The summed E-state index contributed by atoms with van der Waals surface area (Å²) in [6, 6.07) is 8.14. The Hall–Kier alpha value is -1.75. The minimum Gasteiger partial charge on any atom is -0.497 e. The van der Waals surface area contributed by atoms with E-state index in [1.807, 2.05) is 12.1 Å². The van der Waals surface area contributed by atoms with Gasteiger partial charge in [-0.2, -0.15) is 0 Å². The van der Waals surface area contributed by atoms with E-state index in [2.05, 4.69) is 41.1 Å². The lowest BCUT2D eigenvalue weighted by atomic mass is 10.2. The Morgan fingerprint density at radius 1 is 1.27 bits per heavy atom. The molecular formula is C17H27N3O2. The van der Waals surface area contributed by atoms with Gasteiger partial charge in [0.25, 0.3) is 0 Å². The van der Waals surface area contributed by atoms with Gasteiger partial charge in [-0.1, -0.05) is 19.9 Å². The lowest BCUT2D eigenvalue weighted by Gasteiger charge is -2.35. The van der Waals surface area contributed by atoms with Crippen LogP contribution in [0.3, 0.4) is 0 Å². The van der Waals surface area contributed by atoms with E-state index in [9.17, 15) is 4.79 Å². The number of amides is 1. The first-order valence-corrected chi connectivity index (χ1v) is 7.96. The predicted molar refractivity (Wildman–Crippen MR) is 89.5 cm³/mol. The zero-order chi connectivity index (χ0) is 15.9. The minimum absolute atomic E-state index is 0.128. The van der Waals surface area contributed by atoms with E-state index in [1.165, 1.54) is 5.69 Å². The Balaban J connectivity index is 1.79. The number of ether oxygens (including phenoxy) is 1. The van der Waals surface area contributed by atoms with E-state index in [-0.39, 0.29) is 5.91 Å². The number of benzene rings is 1. The quantitative estimate of drug-likeness (QED) is 0.867. The molecule has 122 valence electrons. The van der Waals surface area contributed by atoms with Gasteiger partial charge in [0, 0.05) is 44.5 Å². The fourth-order valence-corrected chi connectivity index (χ4v) is 2.55. The molecule has 1 aromatic rings. The van der Waals surface area contributed by atoms with Crippen LogP contribution in [0.25, 0.3) is 0 Å². The van der Waals surface area contributed by atoms with Gasteiger partial charge < -0.3 is 15.0 Å². The minimum atomic E-state index is 0.128. The zero-order valence-electron chi connectivity index (χ0n) is 13.8. The van der Waals surface area contributed by atoms with Crippen LogP contribution in [-0.4, -0.2) is 57.2 Å². The van der Waals surface area contributed by atoms with Crippen LogP contribution in [0.1, 0.15) is 13.8 Å². The number of hydrogen-bond donors (Lipinski definition) is 1. The number of carbonyl (C=O) groups excluding carboxylic acids is 1. The molecule has 5 heteroatoms. The highest BCUT2D eigenvalue weighted by Gasteiger charge is 2.19. The van der Waals surface area contributed by atoms with Crippen molar-refractivity contribution in [3.63, 3.8) is 0 Å². The molecule has 2 rings (SSSR count). The van der Waals surface area contributed by atoms with Gasteiger partial charge >= 0.3 is 0 Å². The highest BCUT2D eigenvalue weighted by molar-refractivity contribution is 5.78.